The summed E-state index contributed by atoms with van der Waals surface area (Å²) in [5.41, 5.74) is 2.60. The first kappa shape index (κ1) is 19.1. The largest absolute Gasteiger partial charge is 0.392 e. The number of benzene rings is 2. The molecule has 0 bridgehead atoms. The molecule has 2 aromatic rings. The van der Waals surface area contributed by atoms with E-state index in [1.807, 2.05) is 12.1 Å². The third-order valence-electron chi connectivity index (χ3n) is 5.91. The van der Waals surface area contributed by atoms with Gasteiger partial charge in [-0.15, -0.1) is 0 Å². The smallest absolute Gasteiger partial charge is 0.0608 e. The first-order chi connectivity index (χ1) is 12.8. The van der Waals surface area contributed by atoms with Gasteiger partial charge in [0.1, 0.15) is 0 Å². The van der Waals surface area contributed by atoms with Crippen molar-refractivity contribution in [2.24, 2.45) is 0 Å². The molecule has 2 nitrogen and oxygen atoms in total. The predicted molar refractivity (Wildman–Crippen MR) is 107 cm³/mol. The van der Waals surface area contributed by atoms with Crippen LogP contribution in [0, 0.1) is 0 Å². The van der Waals surface area contributed by atoms with Gasteiger partial charge < -0.3 is 10.2 Å². The van der Waals surface area contributed by atoms with Crippen molar-refractivity contribution in [1.82, 2.24) is 0 Å². The summed E-state index contributed by atoms with van der Waals surface area (Å²) in [6.45, 7) is 0. The highest BCUT2D eigenvalue weighted by Crippen LogP contribution is 2.33. The molecule has 0 aliphatic heterocycles. The molecule has 0 aromatic heterocycles. The van der Waals surface area contributed by atoms with Gasteiger partial charge in [0.05, 0.1) is 12.2 Å². The molecule has 0 radical (unpaired) electrons. The Morgan fingerprint density at radius 1 is 0.500 bits per heavy atom. The monoisotopic (exact) mass is 352 g/mol. The molecule has 0 unspecified atom stereocenters. The summed E-state index contributed by atoms with van der Waals surface area (Å²) in [5.74, 6) is 0.768. The van der Waals surface area contributed by atoms with E-state index >= 15 is 0 Å². The molecular formula is C24H32O2. The summed E-state index contributed by atoms with van der Waals surface area (Å²) in [6, 6.07) is 20.8. The van der Waals surface area contributed by atoms with Gasteiger partial charge >= 0.3 is 0 Å². The Morgan fingerprint density at radius 3 is 1.19 bits per heavy atom. The van der Waals surface area contributed by atoms with Gasteiger partial charge in [0.25, 0.3) is 0 Å². The zero-order chi connectivity index (χ0) is 18.2. The van der Waals surface area contributed by atoms with Crippen LogP contribution in [0.15, 0.2) is 60.7 Å². The van der Waals surface area contributed by atoms with Gasteiger partial charge in [-0.05, 0) is 36.8 Å². The maximum atomic E-state index is 9.82. The number of hydrogen-bond acceptors (Lipinski definition) is 2. The summed E-state index contributed by atoms with van der Waals surface area (Å²) in [7, 11) is 0. The molecule has 0 heterocycles. The molecular weight excluding hydrogens is 320 g/mol. The highest BCUT2D eigenvalue weighted by Gasteiger charge is 2.24. The van der Waals surface area contributed by atoms with Crippen LogP contribution in [-0.2, 0) is 0 Å². The Labute approximate surface area is 157 Å². The lowest BCUT2D eigenvalue weighted by Gasteiger charge is -2.27. The summed E-state index contributed by atoms with van der Waals surface area (Å²) in [4.78, 5) is 0. The summed E-state index contributed by atoms with van der Waals surface area (Å²) >= 11 is 0. The molecule has 2 saturated carbocycles. The molecule has 4 rings (SSSR count). The minimum atomic E-state index is -0.115. The van der Waals surface area contributed by atoms with Gasteiger partial charge in [-0.3, -0.25) is 0 Å². The molecule has 2 aromatic carbocycles. The molecule has 0 spiro atoms. The van der Waals surface area contributed by atoms with Crippen LogP contribution in [0.2, 0.25) is 0 Å². The normalized spacial score (nSPS) is 28.7. The Bertz CT molecular complexity index is 568. The van der Waals surface area contributed by atoms with E-state index in [0.29, 0.717) is 11.8 Å². The maximum absolute atomic E-state index is 9.82. The minimum absolute atomic E-state index is 0.115. The molecule has 26 heavy (non-hydrogen) atoms. The summed E-state index contributed by atoms with van der Waals surface area (Å²) in [6.07, 6.45) is 8.89. The lowest BCUT2D eigenvalue weighted by Crippen LogP contribution is -2.22. The fourth-order valence-electron chi connectivity index (χ4n) is 4.40. The lowest BCUT2D eigenvalue weighted by atomic mass is 9.82. The summed E-state index contributed by atoms with van der Waals surface area (Å²) in [5, 5.41) is 19.6. The number of aliphatic hydroxyl groups is 2. The topological polar surface area (TPSA) is 40.5 Å². The lowest BCUT2D eigenvalue weighted by molar-refractivity contribution is 0.106. The van der Waals surface area contributed by atoms with Crippen molar-refractivity contribution < 1.29 is 10.2 Å². The molecule has 4 atom stereocenters. The third kappa shape index (κ3) is 5.18. The fraction of sp³-hybridized carbons (Fsp3) is 0.500. The second-order valence-electron chi connectivity index (χ2n) is 7.74. The van der Waals surface area contributed by atoms with Gasteiger partial charge in [0.15, 0.2) is 0 Å². The number of rotatable bonds is 2. The Kier molecular flexibility index (Phi) is 7.28. The Balaban J connectivity index is 0.000000151. The maximum Gasteiger partial charge on any atom is 0.0608 e. The third-order valence-corrected chi connectivity index (χ3v) is 5.91. The predicted octanol–water partition coefficient (Wildman–Crippen LogP) is 5.41. The standard InChI is InChI=1S/2C12H16O/c2*13-12-9-5-4-8-11(12)10-6-2-1-3-7-10/h2*1-3,6-7,11-13H,4-5,8-9H2/t2*11-,12+/m10/s1. The molecule has 2 fully saturated rings. The van der Waals surface area contributed by atoms with Gasteiger partial charge in [-0.25, -0.2) is 0 Å². The Morgan fingerprint density at radius 2 is 0.846 bits per heavy atom. The van der Waals surface area contributed by atoms with Crippen molar-refractivity contribution in [1.29, 1.82) is 0 Å². The average Bonchev–Trinajstić information content (AvgIpc) is 2.71. The molecule has 2 N–H and O–H groups in total. The second kappa shape index (κ2) is 9.89. The molecule has 140 valence electrons. The zero-order valence-electron chi connectivity index (χ0n) is 15.6. The van der Waals surface area contributed by atoms with E-state index in [9.17, 15) is 10.2 Å². The van der Waals surface area contributed by atoms with Crippen LogP contribution in [0.3, 0.4) is 0 Å². The van der Waals surface area contributed by atoms with Crippen molar-refractivity contribution in [3.63, 3.8) is 0 Å². The van der Waals surface area contributed by atoms with E-state index in [0.717, 1.165) is 25.7 Å². The first-order valence-electron chi connectivity index (χ1n) is 10.2. The second-order valence-corrected chi connectivity index (χ2v) is 7.74. The van der Waals surface area contributed by atoms with Crippen LogP contribution >= 0.6 is 0 Å². The van der Waals surface area contributed by atoms with E-state index in [-0.39, 0.29) is 12.2 Å². The van der Waals surface area contributed by atoms with Gasteiger partial charge in [0.2, 0.25) is 0 Å². The van der Waals surface area contributed by atoms with Gasteiger partial charge in [0, 0.05) is 11.8 Å². The Hall–Kier alpha value is -1.64. The number of hydrogen-bond donors (Lipinski definition) is 2. The van der Waals surface area contributed by atoms with E-state index < -0.39 is 0 Å². The quantitative estimate of drug-likeness (QED) is 0.758. The van der Waals surface area contributed by atoms with Crippen LogP contribution in [-0.4, -0.2) is 22.4 Å². The average molecular weight is 353 g/mol. The van der Waals surface area contributed by atoms with Crippen LogP contribution in [0.25, 0.3) is 0 Å². The van der Waals surface area contributed by atoms with E-state index in [4.69, 9.17) is 0 Å². The van der Waals surface area contributed by atoms with E-state index in [1.54, 1.807) is 0 Å². The fourth-order valence-corrected chi connectivity index (χ4v) is 4.40. The molecule has 2 aliphatic rings. The van der Waals surface area contributed by atoms with E-state index in [1.165, 1.54) is 36.8 Å². The number of aliphatic hydroxyl groups excluding tert-OH is 2. The van der Waals surface area contributed by atoms with Crippen molar-refractivity contribution in [2.45, 2.75) is 75.4 Å². The van der Waals surface area contributed by atoms with Crippen LogP contribution in [0.1, 0.15) is 74.3 Å². The highest BCUT2D eigenvalue weighted by molar-refractivity contribution is 5.22. The van der Waals surface area contributed by atoms with Crippen LogP contribution < -0.4 is 0 Å². The molecule has 0 amide bonds. The van der Waals surface area contributed by atoms with Gasteiger partial charge in [-0.2, -0.15) is 0 Å². The highest BCUT2D eigenvalue weighted by atomic mass is 16.3. The van der Waals surface area contributed by atoms with Crippen molar-refractivity contribution >= 4 is 0 Å². The zero-order valence-corrected chi connectivity index (χ0v) is 15.6. The molecule has 0 saturated heterocycles. The first-order valence-corrected chi connectivity index (χ1v) is 10.2. The SMILES string of the molecule is O[C@@H]1CCCC[C@H]1c1ccccc1.O[C@H]1CCCC[C@@H]1c1ccccc1. The van der Waals surface area contributed by atoms with Crippen LogP contribution in [0.4, 0.5) is 0 Å². The van der Waals surface area contributed by atoms with Crippen molar-refractivity contribution in [2.75, 3.05) is 0 Å². The van der Waals surface area contributed by atoms with Gasteiger partial charge in [-0.1, -0.05) is 86.3 Å². The summed E-state index contributed by atoms with van der Waals surface area (Å²) < 4.78 is 0. The van der Waals surface area contributed by atoms with Crippen molar-refractivity contribution in [3.8, 4) is 0 Å². The minimum Gasteiger partial charge on any atom is -0.392 e. The molecule has 2 heteroatoms. The van der Waals surface area contributed by atoms with Crippen molar-refractivity contribution in [3.05, 3.63) is 71.8 Å². The molecule has 2 aliphatic carbocycles. The van der Waals surface area contributed by atoms with Crippen LogP contribution in [0.5, 0.6) is 0 Å². The van der Waals surface area contributed by atoms with E-state index in [2.05, 4.69) is 48.5 Å².